The monoisotopic (exact) mass is 303 g/mol. The number of hydrogen-bond donors (Lipinski definition) is 1. The highest BCUT2D eigenvalue weighted by Crippen LogP contribution is 2.18. The van der Waals surface area contributed by atoms with Gasteiger partial charge in [0.2, 0.25) is 0 Å². The largest absolute Gasteiger partial charge is 0.399 e. The lowest BCUT2D eigenvalue weighted by atomic mass is 10.0. The second-order valence-electron chi connectivity index (χ2n) is 3.65. The number of unbranched alkanes of at least 4 members (excludes halogenated alkanes) is 3. The van der Waals surface area contributed by atoms with Crippen LogP contribution in [0.3, 0.4) is 0 Å². The Morgan fingerprint density at radius 3 is 2.71 bits per heavy atom. The van der Waals surface area contributed by atoms with Crippen molar-refractivity contribution in [3.8, 4) is 0 Å². The summed E-state index contributed by atoms with van der Waals surface area (Å²) in [5.41, 5.74) is 8.16. The number of benzene rings is 1. The fourth-order valence-corrected chi connectivity index (χ4v) is 2.09. The Hall–Kier alpha value is -0.250. The summed E-state index contributed by atoms with van der Waals surface area (Å²) in [5, 5.41) is 0. The minimum Gasteiger partial charge on any atom is -0.399 e. The van der Waals surface area contributed by atoms with Crippen molar-refractivity contribution in [3.05, 3.63) is 27.3 Å². The molecular weight excluding hydrogens is 285 g/mol. The first kappa shape index (κ1) is 11.8. The van der Waals surface area contributed by atoms with Gasteiger partial charge in [0.05, 0.1) is 0 Å². The zero-order chi connectivity index (χ0) is 10.4. The van der Waals surface area contributed by atoms with Gasteiger partial charge in [-0.25, -0.2) is 0 Å². The SMILES string of the molecule is CCCCCCc1cc(I)ccc1N. The van der Waals surface area contributed by atoms with Crippen LogP contribution in [0.5, 0.6) is 0 Å². The molecule has 0 saturated heterocycles. The van der Waals surface area contributed by atoms with Crippen molar-refractivity contribution in [2.75, 3.05) is 5.73 Å². The molecule has 0 unspecified atom stereocenters. The molecule has 0 fully saturated rings. The van der Waals surface area contributed by atoms with Crippen molar-refractivity contribution in [1.29, 1.82) is 0 Å². The van der Waals surface area contributed by atoms with Crippen LogP contribution in [-0.4, -0.2) is 0 Å². The number of halogens is 1. The first-order valence-corrected chi connectivity index (χ1v) is 6.36. The Kier molecular flexibility index (Phi) is 5.30. The van der Waals surface area contributed by atoms with Gasteiger partial charge in [0.1, 0.15) is 0 Å². The molecule has 0 spiro atoms. The van der Waals surface area contributed by atoms with Crippen LogP contribution >= 0.6 is 22.6 Å². The van der Waals surface area contributed by atoms with Crippen LogP contribution in [0.2, 0.25) is 0 Å². The molecule has 0 amide bonds. The van der Waals surface area contributed by atoms with Crippen molar-refractivity contribution in [1.82, 2.24) is 0 Å². The second kappa shape index (κ2) is 6.27. The minimum absolute atomic E-state index is 0.946. The molecule has 0 radical (unpaired) electrons. The van der Waals surface area contributed by atoms with E-state index in [1.54, 1.807) is 0 Å². The minimum atomic E-state index is 0.946. The third-order valence-corrected chi connectivity index (χ3v) is 3.08. The Morgan fingerprint density at radius 2 is 2.00 bits per heavy atom. The number of aryl methyl sites for hydroxylation is 1. The number of nitrogen functional groups attached to an aromatic ring is 1. The lowest BCUT2D eigenvalue weighted by molar-refractivity contribution is 0.667. The molecule has 0 atom stereocenters. The standard InChI is InChI=1S/C12H18IN/c1-2-3-4-5-6-10-9-11(13)7-8-12(10)14/h7-9H,2-6,14H2,1H3. The van der Waals surface area contributed by atoms with Crippen LogP contribution in [-0.2, 0) is 6.42 Å². The number of rotatable bonds is 5. The van der Waals surface area contributed by atoms with Gasteiger partial charge in [-0.3, -0.25) is 0 Å². The Balaban J connectivity index is 2.45. The molecule has 0 aromatic heterocycles. The maximum atomic E-state index is 5.90. The lowest BCUT2D eigenvalue weighted by Gasteiger charge is -2.05. The molecule has 1 rings (SSSR count). The van der Waals surface area contributed by atoms with E-state index in [0.29, 0.717) is 0 Å². The molecule has 0 aliphatic heterocycles. The molecule has 0 aliphatic carbocycles. The summed E-state index contributed by atoms with van der Waals surface area (Å²) in [6.07, 6.45) is 6.34. The van der Waals surface area contributed by atoms with Crippen LogP contribution in [0.25, 0.3) is 0 Å². The molecule has 0 saturated carbocycles. The normalized spacial score (nSPS) is 10.4. The van der Waals surface area contributed by atoms with Gasteiger partial charge >= 0.3 is 0 Å². The van der Waals surface area contributed by atoms with Gasteiger partial charge in [0.15, 0.2) is 0 Å². The maximum Gasteiger partial charge on any atom is 0.0347 e. The third kappa shape index (κ3) is 3.86. The van der Waals surface area contributed by atoms with E-state index in [1.807, 2.05) is 6.07 Å². The van der Waals surface area contributed by atoms with Gasteiger partial charge in [-0.2, -0.15) is 0 Å². The maximum absolute atomic E-state index is 5.90. The van der Waals surface area contributed by atoms with Crippen molar-refractivity contribution in [3.63, 3.8) is 0 Å². The number of hydrogen-bond acceptors (Lipinski definition) is 1. The van der Waals surface area contributed by atoms with Gasteiger partial charge in [0.25, 0.3) is 0 Å². The summed E-state index contributed by atoms with van der Waals surface area (Å²) < 4.78 is 1.28. The zero-order valence-electron chi connectivity index (χ0n) is 8.72. The number of nitrogens with two attached hydrogens (primary N) is 1. The molecule has 0 aliphatic rings. The van der Waals surface area contributed by atoms with Crippen LogP contribution < -0.4 is 5.73 Å². The summed E-state index contributed by atoms with van der Waals surface area (Å²) in [6, 6.07) is 6.27. The smallest absolute Gasteiger partial charge is 0.0347 e. The fourth-order valence-electron chi connectivity index (χ4n) is 1.53. The van der Waals surface area contributed by atoms with E-state index in [-0.39, 0.29) is 0 Å². The Bertz CT molecular complexity index is 284. The molecule has 14 heavy (non-hydrogen) atoms. The topological polar surface area (TPSA) is 26.0 Å². The third-order valence-electron chi connectivity index (χ3n) is 2.40. The molecule has 2 N–H and O–H groups in total. The molecule has 0 bridgehead atoms. The second-order valence-corrected chi connectivity index (χ2v) is 4.90. The molecule has 0 heterocycles. The van der Waals surface area contributed by atoms with E-state index in [1.165, 1.54) is 34.8 Å². The summed E-state index contributed by atoms with van der Waals surface area (Å²) in [5.74, 6) is 0. The predicted octanol–water partition coefficient (Wildman–Crippen LogP) is 4.00. The fraction of sp³-hybridized carbons (Fsp3) is 0.500. The van der Waals surface area contributed by atoms with Crippen molar-refractivity contribution in [2.24, 2.45) is 0 Å². The van der Waals surface area contributed by atoms with Gasteiger partial charge in [-0.1, -0.05) is 26.2 Å². The molecule has 78 valence electrons. The summed E-state index contributed by atoms with van der Waals surface area (Å²) in [6.45, 7) is 2.24. The van der Waals surface area contributed by atoms with Crippen molar-refractivity contribution >= 4 is 28.3 Å². The number of anilines is 1. The summed E-state index contributed by atoms with van der Waals surface area (Å²) in [7, 11) is 0. The van der Waals surface area contributed by atoms with Gasteiger partial charge < -0.3 is 5.73 Å². The van der Waals surface area contributed by atoms with Gasteiger partial charge in [0, 0.05) is 9.26 Å². The molecule has 1 aromatic carbocycles. The van der Waals surface area contributed by atoms with Crippen LogP contribution in [0.1, 0.15) is 38.2 Å². The van der Waals surface area contributed by atoms with Crippen molar-refractivity contribution < 1.29 is 0 Å². The van der Waals surface area contributed by atoms with Crippen LogP contribution in [0.15, 0.2) is 18.2 Å². The molecule has 1 aromatic rings. The van der Waals surface area contributed by atoms with Gasteiger partial charge in [-0.15, -0.1) is 0 Å². The summed E-state index contributed by atoms with van der Waals surface area (Å²) in [4.78, 5) is 0. The van der Waals surface area contributed by atoms with Crippen LogP contribution in [0.4, 0.5) is 5.69 Å². The Labute approximate surface area is 100 Å². The molecular formula is C12H18IN. The Morgan fingerprint density at radius 1 is 1.21 bits per heavy atom. The van der Waals surface area contributed by atoms with E-state index in [9.17, 15) is 0 Å². The first-order valence-electron chi connectivity index (χ1n) is 5.28. The predicted molar refractivity (Wildman–Crippen MR) is 71.4 cm³/mol. The van der Waals surface area contributed by atoms with Crippen molar-refractivity contribution in [2.45, 2.75) is 39.0 Å². The van der Waals surface area contributed by atoms with E-state index >= 15 is 0 Å². The van der Waals surface area contributed by atoms with E-state index in [4.69, 9.17) is 5.73 Å². The average molecular weight is 303 g/mol. The lowest BCUT2D eigenvalue weighted by Crippen LogP contribution is -1.95. The van der Waals surface area contributed by atoms with E-state index in [0.717, 1.165) is 12.1 Å². The zero-order valence-corrected chi connectivity index (χ0v) is 10.9. The average Bonchev–Trinajstić information content (AvgIpc) is 2.18. The van der Waals surface area contributed by atoms with E-state index in [2.05, 4.69) is 41.6 Å². The highest BCUT2D eigenvalue weighted by atomic mass is 127. The molecule has 2 heteroatoms. The highest BCUT2D eigenvalue weighted by Gasteiger charge is 1.99. The van der Waals surface area contributed by atoms with E-state index < -0.39 is 0 Å². The van der Waals surface area contributed by atoms with Crippen LogP contribution in [0, 0.1) is 3.57 Å². The summed E-state index contributed by atoms with van der Waals surface area (Å²) >= 11 is 2.33. The first-order chi connectivity index (χ1) is 6.74. The molecule has 1 nitrogen and oxygen atoms in total. The van der Waals surface area contributed by atoms with Gasteiger partial charge in [-0.05, 0) is 59.2 Å². The highest BCUT2D eigenvalue weighted by molar-refractivity contribution is 14.1. The quantitative estimate of drug-likeness (QED) is 0.497.